The minimum Gasteiger partial charge on any atom is -0.494 e. The molecule has 0 saturated heterocycles. The summed E-state index contributed by atoms with van der Waals surface area (Å²) < 4.78 is 31.5. The molecular formula is C16H14F2O2S. The fourth-order valence-corrected chi connectivity index (χ4v) is 2.54. The van der Waals surface area contributed by atoms with E-state index < -0.39 is 11.6 Å². The first-order valence-electron chi connectivity index (χ1n) is 6.44. The van der Waals surface area contributed by atoms with E-state index in [2.05, 4.69) is 0 Å². The van der Waals surface area contributed by atoms with E-state index in [-0.39, 0.29) is 16.4 Å². The summed E-state index contributed by atoms with van der Waals surface area (Å²) in [7, 11) is 0. The first-order chi connectivity index (χ1) is 10.1. The molecule has 0 heterocycles. The number of carbonyl (C=O) groups excluding carboxylic acids is 1. The van der Waals surface area contributed by atoms with Crippen LogP contribution in [0.15, 0.2) is 47.4 Å². The van der Waals surface area contributed by atoms with Crippen LogP contribution in [0, 0.1) is 11.6 Å². The number of Topliss-reactive ketones (excluding diaryl/α,β-unsaturated/α-hetero) is 1. The highest BCUT2D eigenvalue weighted by atomic mass is 32.2. The van der Waals surface area contributed by atoms with Crippen molar-refractivity contribution >= 4 is 17.5 Å². The van der Waals surface area contributed by atoms with Gasteiger partial charge in [0.2, 0.25) is 0 Å². The number of benzene rings is 2. The second kappa shape index (κ2) is 7.22. The van der Waals surface area contributed by atoms with Gasteiger partial charge < -0.3 is 4.74 Å². The fourth-order valence-electron chi connectivity index (χ4n) is 1.72. The average molecular weight is 308 g/mol. The van der Waals surface area contributed by atoms with Gasteiger partial charge in [0.25, 0.3) is 0 Å². The normalized spacial score (nSPS) is 10.4. The summed E-state index contributed by atoms with van der Waals surface area (Å²) in [4.78, 5) is 12.3. The molecule has 0 saturated carbocycles. The molecule has 0 amide bonds. The number of hydrogen-bond donors (Lipinski definition) is 0. The van der Waals surface area contributed by atoms with E-state index in [1.54, 1.807) is 24.3 Å². The van der Waals surface area contributed by atoms with Crippen molar-refractivity contribution in [1.82, 2.24) is 0 Å². The summed E-state index contributed by atoms with van der Waals surface area (Å²) in [5, 5.41) is 0. The smallest absolute Gasteiger partial charge is 0.173 e. The summed E-state index contributed by atoms with van der Waals surface area (Å²) in [6, 6.07) is 10.1. The zero-order chi connectivity index (χ0) is 15.2. The molecule has 0 N–H and O–H groups in total. The summed E-state index contributed by atoms with van der Waals surface area (Å²) in [5.41, 5.74) is 0.536. The first kappa shape index (κ1) is 15.5. The van der Waals surface area contributed by atoms with Gasteiger partial charge in [0.05, 0.1) is 12.4 Å². The highest BCUT2D eigenvalue weighted by molar-refractivity contribution is 8.00. The van der Waals surface area contributed by atoms with E-state index in [1.165, 1.54) is 12.1 Å². The number of ether oxygens (including phenoxy) is 1. The molecule has 0 unspecified atom stereocenters. The molecule has 0 bridgehead atoms. The Morgan fingerprint density at radius 2 is 1.86 bits per heavy atom. The quantitative estimate of drug-likeness (QED) is 0.586. The van der Waals surface area contributed by atoms with Crippen LogP contribution in [-0.2, 0) is 0 Å². The summed E-state index contributed by atoms with van der Waals surface area (Å²) >= 11 is 1.05. The highest BCUT2D eigenvalue weighted by Crippen LogP contribution is 2.23. The molecule has 2 nitrogen and oxygen atoms in total. The van der Waals surface area contributed by atoms with Crippen LogP contribution in [0.5, 0.6) is 5.75 Å². The topological polar surface area (TPSA) is 26.3 Å². The van der Waals surface area contributed by atoms with Gasteiger partial charge in [-0.2, -0.15) is 0 Å². The molecule has 110 valence electrons. The third-order valence-electron chi connectivity index (χ3n) is 2.74. The Bertz CT molecular complexity index is 627. The molecular weight excluding hydrogens is 294 g/mol. The lowest BCUT2D eigenvalue weighted by atomic mass is 10.1. The largest absolute Gasteiger partial charge is 0.494 e. The van der Waals surface area contributed by atoms with Crippen LogP contribution in [0.25, 0.3) is 0 Å². The van der Waals surface area contributed by atoms with E-state index in [9.17, 15) is 13.6 Å². The van der Waals surface area contributed by atoms with Crippen molar-refractivity contribution in [2.24, 2.45) is 0 Å². The predicted molar refractivity (Wildman–Crippen MR) is 79.0 cm³/mol. The van der Waals surface area contributed by atoms with Crippen LogP contribution in [0.4, 0.5) is 8.78 Å². The number of carbonyl (C=O) groups is 1. The van der Waals surface area contributed by atoms with Gasteiger partial charge in [-0.15, -0.1) is 11.8 Å². The lowest BCUT2D eigenvalue weighted by Crippen LogP contribution is -2.03. The molecule has 0 spiro atoms. The average Bonchev–Trinajstić information content (AvgIpc) is 2.47. The molecule has 2 aromatic rings. The van der Waals surface area contributed by atoms with Crippen molar-refractivity contribution in [2.75, 3.05) is 12.4 Å². The summed E-state index contributed by atoms with van der Waals surface area (Å²) in [6.45, 7) is 2.44. The Labute approximate surface area is 126 Å². The lowest BCUT2D eigenvalue weighted by Gasteiger charge is -2.05. The van der Waals surface area contributed by atoms with Crippen LogP contribution in [0.2, 0.25) is 0 Å². The third-order valence-corrected chi connectivity index (χ3v) is 3.79. The standard InChI is InChI=1S/C16H14F2O2S/c1-2-20-13-6-3-11(4-7-13)15(19)10-21-16-8-5-12(17)9-14(16)18/h3-9H,2,10H2,1H3. The fraction of sp³-hybridized carbons (Fsp3) is 0.188. The van der Waals surface area contributed by atoms with Gasteiger partial charge in [-0.1, -0.05) is 0 Å². The van der Waals surface area contributed by atoms with Crippen molar-refractivity contribution < 1.29 is 18.3 Å². The van der Waals surface area contributed by atoms with Crippen molar-refractivity contribution in [2.45, 2.75) is 11.8 Å². The molecule has 0 atom stereocenters. The molecule has 0 fully saturated rings. The maximum atomic E-state index is 13.5. The van der Waals surface area contributed by atoms with Crippen molar-refractivity contribution in [3.63, 3.8) is 0 Å². The van der Waals surface area contributed by atoms with E-state index in [0.717, 1.165) is 17.8 Å². The number of hydrogen-bond acceptors (Lipinski definition) is 3. The molecule has 2 rings (SSSR count). The van der Waals surface area contributed by atoms with Gasteiger partial charge >= 0.3 is 0 Å². The highest BCUT2D eigenvalue weighted by Gasteiger charge is 2.10. The summed E-state index contributed by atoms with van der Waals surface area (Å²) in [6.07, 6.45) is 0. The number of rotatable bonds is 6. The van der Waals surface area contributed by atoms with Gasteiger partial charge in [0.15, 0.2) is 5.78 Å². The number of thioether (sulfide) groups is 1. The number of halogens is 2. The molecule has 0 aromatic heterocycles. The first-order valence-corrected chi connectivity index (χ1v) is 7.42. The van der Waals surface area contributed by atoms with Crippen LogP contribution in [0.3, 0.4) is 0 Å². The van der Waals surface area contributed by atoms with E-state index >= 15 is 0 Å². The van der Waals surface area contributed by atoms with Crippen molar-refractivity contribution in [3.8, 4) is 5.75 Å². The minimum absolute atomic E-state index is 0.0938. The maximum absolute atomic E-state index is 13.5. The second-order valence-corrected chi connectivity index (χ2v) is 5.26. The van der Waals surface area contributed by atoms with Crippen LogP contribution >= 0.6 is 11.8 Å². The monoisotopic (exact) mass is 308 g/mol. The SMILES string of the molecule is CCOc1ccc(C(=O)CSc2ccc(F)cc2F)cc1. The van der Waals surface area contributed by atoms with Crippen LogP contribution in [-0.4, -0.2) is 18.1 Å². The predicted octanol–water partition coefficient (Wildman–Crippen LogP) is 4.34. The lowest BCUT2D eigenvalue weighted by molar-refractivity contribution is 0.102. The Morgan fingerprint density at radius 1 is 1.14 bits per heavy atom. The zero-order valence-corrected chi connectivity index (χ0v) is 12.3. The molecule has 0 aliphatic carbocycles. The zero-order valence-electron chi connectivity index (χ0n) is 11.4. The van der Waals surface area contributed by atoms with Crippen LogP contribution < -0.4 is 4.74 Å². The Balaban J connectivity index is 1.98. The minimum atomic E-state index is -0.653. The van der Waals surface area contributed by atoms with Gasteiger partial charge in [-0.25, -0.2) is 8.78 Å². The molecule has 2 aromatic carbocycles. The van der Waals surface area contributed by atoms with E-state index in [4.69, 9.17) is 4.74 Å². The van der Waals surface area contributed by atoms with Gasteiger partial charge in [0.1, 0.15) is 17.4 Å². The van der Waals surface area contributed by atoms with E-state index in [1.807, 2.05) is 6.92 Å². The van der Waals surface area contributed by atoms with Gasteiger partial charge in [0, 0.05) is 16.5 Å². The Morgan fingerprint density at radius 3 is 2.48 bits per heavy atom. The Kier molecular flexibility index (Phi) is 5.33. The Hall–Kier alpha value is -1.88. The maximum Gasteiger partial charge on any atom is 0.173 e. The molecule has 0 aliphatic rings. The van der Waals surface area contributed by atoms with Gasteiger partial charge in [-0.05, 0) is 43.3 Å². The molecule has 21 heavy (non-hydrogen) atoms. The third kappa shape index (κ3) is 4.29. The molecule has 0 radical (unpaired) electrons. The van der Waals surface area contributed by atoms with Crippen molar-refractivity contribution in [1.29, 1.82) is 0 Å². The molecule has 5 heteroatoms. The second-order valence-electron chi connectivity index (χ2n) is 4.24. The molecule has 0 aliphatic heterocycles. The summed E-state index contributed by atoms with van der Waals surface area (Å²) in [5.74, 6) is -0.608. The number of ketones is 1. The van der Waals surface area contributed by atoms with Crippen LogP contribution in [0.1, 0.15) is 17.3 Å². The van der Waals surface area contributed by atoms with Gasteiger partial charge in [-0.3, -0.25) is 4.79 Å². The van der Waals surface area contributed by atoms with E-state index in [0.29, 0.717) is 17.9 Å². The van der Waals surface area contributed by atoms with Crippen molar-refractivity contribution in [3.05, 3.63) is 59.7 Å².